The number of amides is 1. The van der Waals surface area contributed by atoms with E-state index in [0.29, 0.717) is 30.5 Å². The molecule has 0 atom stereocenters. The maximum atomic E-state index is 12.4. The van der Waals surface area contributed by atoms with Gasteiger partial charge in [-0.25, -0.2) is 0 Å². The fraction of sp³-hybridized carbons (Fsp3) is 0.714. The minimum Gasteiger partial charge on any atom is -0.377 e. The van der Waals surface area contributed by atoms with E-state index in [2.05, 4.69) is 10.5 Å². The zero-order chi connectivity index (χ0) is 14.4. The average Bonchev–Trinajstić information content (AvgIpc) is 2.94. The average molecular weight is 281 g/mol. The third-order valence-electron chi connectivity index (χ3n) is 3.67. The summed E-state index contributed by atoms with van der Waals surface area (Å²) in [6, 6.07) is 1.66. The lowest BCUT2D eigenvalue weighted by molar-refractivity contribution is 0.0716. The van der Waals surface area contributed by atoms with E-state index in [4.69, 9.17) is 9.26 Å². The van der Waals surface area contributed by atoms with E-state index >= 15 is 0 Å². The van der Waals surface area contributed by atoms with Crippen LogP contribution in [0, 0.1) is 5.92 Å². The van der Waals surface area contributed by atoms with Crippen LogP contribution in [0.2, 0.25) is 0 Å². The van der Waals surface area contributed by atoms with Crippen molar-refractivity contribution in [2.45, 2.75) is 26.4 Å². The SMILES string of the molecule is CCN(CC1CCNCC1)C(=O)c1cc(COC)on1. The van der Waals surface area contributed by atoms with Crippen molar-refractivity contribution in [3.63, 3.8) is 0 Å². The Labute approximate surface area is 119 Å². The van der Waals surface area contributed by atoms with Crippen LogP contribution >= 0.6 is 0 Å². The number of hydrogen-bond donors (Lipinski definition) is 1. The largest absolute Gasteiger partial charge is 0.377 e. The minimum absolute atomic E-state index is 0.0582. The first-order chi connectivity index (χ1) is 9.74. The van der Waals surface area contributed by atoms with Crippen molar-refractivity contribution < 1.29 is 14.1 Å². The van der Waals surface area contributed by atoms with Gasteiger partial charge >= 0.3 is 0 Å². The summed E-state index contributed by atoms with van der Waals surface area (Å²) in [6.07, 6.45) is 2.25. The van der Waals surface area contributed by atoms with Gasteiger partial charge in [-0.2, -0.15) is 0 Å². The topological polar surface area (TPSA) is 67.6 Å². The highest BCUT2D eigenvalue weighted by Gasteiger charge is 2.23. The van der Waals surface area contributed by atoms with Crippen molar-refractivity contribution >= 4 is 5.91 Å². The Balaban J connectivity index is 1.96. The highest BCUT2D eigenvalue weighted by molar-refractivity contribution is 5.92. The minimum atomic E-state index is -0.0582. The number of carbonyl (C=O) groups excluding carboxylic acids is 1. The third kappa shape index (κ3) is 3.80. The van der Waals surface area contributed by atoms with Crippen molar-refractivity contribution in [1.82, 2.24) is 15.4 Å². The number of ether oxygens (including phenoxy) is 1. The summed E-state index contributed by atoms with van der Waals surface area (Å²) >= 11 is 0. The van der Waals surface area contributed by atoms with Crippen LogP contribution in [-0.4, -0.2) is 49.3 Å². The van der Waals surface area contributed by atoms with Crippen molar-refractivity contribution in [1.29, 1.82) is 0 Å². The number of carbonyl (C=O) groups is 1. The van der Waals surface area contributed by atoms with Gasteiger partial charge in [0.05, 0.1) is 0 Å². The fourth-order valence-corrected chi connectivity index (χ4v) is 2.52. The quantitative estimate of drug-likeness (QED) is 0.851. The van der Waals surface area contributed by atoms with Crippen molar-refractivity contribution in [3.8, 4) is 0 Å². The Morgan fingerprint density at radius 1 is 1.55 bits per heavy atom. The molecule has 2 heterocycles. The molecule has 0 radical (unpaired) electrons. The van der Waals surface area contributed by atoms with Crippen molar-refractivity contribution in [3.05, 3.63) is 17.5 Å². The summed E-state index contributed by atoms with van der Waals surface area (Å²) in [5.74, 6) is 1.09. The lowest BCUT2D eigenvalue weighted by atomic mass is 9.97. The van der Waals surface area contributed by atoms with Crippen LogP contribution in [0.1, 0.15) is 36.0 Å². The molecule has 112 valence electrons. The van der Waals surface area contributed by atoms with E-state index in [1.54, 1.807) is 13.2 Å². The van der Waals surface area contributed by atoms with Gasteiger partial charge in [-0.3, -0.25) is 4.79 Å². The van der Waals surface area contributed by atoms with Crippen molar-refractivity contribution in [2.75, 3.05) is 33.3 Å². The molecule has 0 bridgehead atoms. The number of methoxy groups -OCH3 is 1. The molecular weight excluding hydrogens is 258 g/mol. The van der Waals surface area contributed by atoms with Crippen molar-refractivity contribution in [2.24, 2.45) is 5.92 Å². The Morgan fingerprint density at radius 3 is 2.95 bits per heavy atom. The second-order valence-electron chi connectivity index (χ2n) is 5.15. The Kier molecular flexibility index (Phi) is 5.55. The van der Waals surface area contributed by atoms with Gasteiger partial charge in [0, 0.05) is 26.3 Å². The molecule has 1 aliphatic rings. The van der Waals surface area contributed by atoms with E-state index < -0.39 is 0 Å². The van der Waals surface area contributed by atoms with E-state index in [1.807, 2.05) is 11.8 Å². The van der Waals surface area contributed by atoms with Gasteiger partial charge in [-0.15, -0.1) is 0 Å². The number of aromatic nitrogens is 1. The maximum Gasteiger partial charge on any atom is 0.276 e. The van der Waals surface area contributed by atoms with Gasteiger partial charge in [0.1, 0.15) is 6.61 Å². The first kappa shape index (κ1) is 15.0. The van der Waals surface area contributed by atoms with Crippen LogP contribution in [0.4, 0.5) is 0 Å². The number of hydrogen-bond acceptors (Lipinski definition) is 5. The molecule has 0 aromatic carbocycles. The lowest BCUT2D eigenvalue weighted by Crippen LogP contribution is -2.39. The smallest absolute Gasteiger partial charge is 0.276 e. The molecule has 1 fully saturated rings. The molecule has 6 nitrogen and oxygen atoms in total. The third-order valence-corrected chi connectivity index (χ3v) is 3.67. The molecule has 0 spiro atoms. The summed E-state index contributed by atoms with van der Waals surface area (Å²) in [5.41, 5.74) is 0.368. The van der Waals surface area contributed by atoms with E-state index in [1.165, 1.54) is 0 Å². The van der Waals surface area contributed by atoms with Crippen LogP contribution in [0.15, 0.2) is 10.6 Å². The summed E-state index contributed by atoms with van der Waals surface area (Å²) in [4.78, 5) is 14.3. The van der Waals surface area contributed by atoms with Crippen LogP contribution in [0.5, 0.6) is 0 Å². The number of rotatable bonds is 6. The summed E-state index contributed by atoms with van der Waals surface area (Å²) in [6.45, 7) is 5.89. The second kappa shape index (κ2) is 7.40. The molecule has 0 saturated carbocycles. The Morgan fingerprint density at radius 2 is 2.30 bits per heavy atom. The van der Waals surface area contributed by atoms with E-state index in [-0.39, 0.29) is 5.91 Å². The molecule has 2 rings (SSSR count). The molecule has 1 amide bonds. The molecule has 1 saturated heterocycles. The van der Waals surface area contributed by atoms with Gasteiger partial charge in [0.2, 0.25) is 0 Å². The standard InChI is InChI=1S/C14H23N3O3/c1-3-17(9-11-4-6-15-7-5-11)14(18)13-8-12(10-19-2)20-16-13/h8,11,15H,3-7,9-10H2,1-2H3. The van der Waals surface area contributed by atoms with Crippen LogP contribution < -0.4 is 5.32 Å². The fourth-order valence-electron chi connectivity index (χ4n) is 2.52. The molecule has 20 heavy (non-hydrogen) atoms. The van der Waals surface area contributed by atoms with Gasteiger partial charge in [0.15, 0.2) is 11.5 Å². The predicted octanol–water partition coefficient (Wildman–Crippen LogP) is 1.28. The van der Waals surface area contributed by atoms with Crippen LogP contribution in [0.25, 0.3) is 0 Å². The summed E-state index contributed by atoms with van der Waals surface area (Å²) in [7, 11) is 1.58. The molecular formula is C14H23N3O3. The molecule has 1 N–H and O–H groups in total. The highest BCUT2D eigenvalue weighted by atomic mass is 16.5. The first-order valence-electron chi connectivity index (χ1n) is 7.19. The van der Waals surface area contributed by atoms with Crippen LogP contribution in [0.3, 0.4) is 0 Å². The zero-order valence-corrected chi connectivity index (χ0v) is 12.2. The number of nitrogens with one attached hydrogen (secondary N) is 1. The van der Waals surface area contributed by atoms with Gasteiger partial charge in [-0.05, 0) is 38.8 Å². The zero-order valence-electron chi connectivity index (χ0n) is 12.2. The molecule has 6 heteroatoms. The summed E-state index contributed by atoms with van der Waals surface area (Å²) in [5, 5.41) is 7.18. The maximum absolute atomic E-state index is 12.4. The second-order valence-corrected chi connectivity index (χ2v) is 5.15. The normalized spacial score (nSPS) is 16.3. The van der Waals surface area contributed by atoms with Gasteiger partial charge in [0.25, 0.3) is 5.91 Å². The molecule has 0 aliphatic carbocycles. The van der Waals surface area contributed by atoms with E-state index in [9.17, 15) is 4.79 Å². The highest BCUT2D eigenvalue weighted by Crippen LogP contribution is 2.15. The lowest BCUT2D eigenvalue weighted by Gasteiger charge is -2.28. The molecule has 1 aromatic rings. The monoisotopic (exact) mass is 281 g/mol. The summed E-state index contributed by atoms with van der Waals surface area (Å²) < 4.78 is 10.0. The Bertz CT molecular complexity index is 427. The number of nitrogens with zero attached hydrogens (tertiary/aromatic N) is 2. The van der Waals surface area contributed by atoms with Gasteiger partial charge < -0.3 is 19.5 Å². The molecule has 1 aromatic heterocycles. The molecule has 1 aliphatic heterocycles. The predicted molar refractivity (Wildman–Crippen MR) is 74.4 cm³/mol. The number of piperidine rings is 1. The van der Waals surface area contributed by atoms with Crippen LogP contribution in [-0.2, 0) is 11.3 Å². The Hall–Kier alpha value is -1.40. The first-order valence-corrected chi connectivity index (χ1v) is 7.19. The van der Waals surface area contributed by atoms with E-state index in [0.717, 1.165) is 32.5 Å². The molecule has 0 unspecified atom stereocenters. The van der Waals surface area contributed by atoms with Gasteiger partial charge in [-0.1, -0.05) is 5.16 Å².